The third kappa shape index (κ3) is 3.49. The van der Waals surface area contributed by atoms with Crippen LogP contribution in [0, 0.1) is 0 Å². The number of amides is 1. The molecule has 1 amide bonds. The number of ether oxygens (including phenoxy) is 2. The molecule has 1 aliphatic rings. The van der Waals surface area contributed by atoms with Crippen LogP contribution >= 0.6 is 0 Å². The molecule has 0 aromatic heterocycles. The normalized spacial score (nSPS) is 14.6. The second-order valence-corrected chi connectivity index (χ2v) is 5.44. The fraction of sp³-hybridized carbons (Fsp3) is 0.588. The van der Waals surface area contributed by atoms with Gasteiger partial charge in [-0.2, -0.15) is 0 Å². The van der Waals surface area contributed by atoms with Gasteiger partial charge in [0.05, 0.1) is 5.56 Å². The van der Waals surface area contributed by atoms with E-state index in [1.54, 1.807) is 0 Å². The van der Waals surface area contributed by atoms with Gasteiger partial charge in [-0.15, -0.1) is 0 Å². The van der Waals surface area contributed by atoms with Gasteiger partial charge in [-0.3, -0.25) is 4.79 Å². The van der Waals surface area contributed by atoms with Gasteiger partial charge in [0.15, 0.2) is 11.5 Å². The van der Waals surface area contributed by atoms with Crippen molar-refractivity contribution >= 4 is 5.91 Å². The first-order chi connectivity index (χ1) is 10.2. The Morgan fingerprint density at radius 3 is 2.76 bits per heavy atom. The van der Waals surface area contributed by atoms with Crippen molar-refractivity contribution in [1.29, 1.82) is 0 Å². The molecule has 2 rings (SSSR count). The quantitative estimate of drug-likeness (QED) is 0.805. The molecule has 0 radical (unpaired) electrons. The molecule has 0 bridgehead atoms. The number of benzene rings is 1. The highest BCUT2D eigenvalue weighted by Gasteiger charge is 2.26. The van der Waals surface area contributed by atoms with E-state index in [-0.39, 0.29) is 11.9 Å². The van der Waals surface area contributed by atoms with Crippen molar-refractivity contribution < 1.29 is 14.3 Å². The second-order valence-electron chi connectivity index (χ2n) is 5.44. The lowest BCUT2D eigenvalue weighted by molar-refractivity contribution is 0.0675. The Kier molecular flexibility index (Phi) is 5.48. The predicted molar refractivity (Wildman–Crippen MR) is 83.1 cm³/mol. The molecule has 4 nitrogen and oxygen atoms in total. The molecule has 1 aliphatic heterocycles. The minimum Gasteiger partial charge on any atom is -0.486 e. The summed E-state index contributed by atoms with van der Waals surface area (Å²) in [5.41, 5.74) is 0.614. The van der Waals surface area contributed by atoms with E-state index >= 15 is 0 Å². The van der Waals surface area contributed by atoms with Crippen LogP contribution in [0.15, 0.2) is 18.2 Å². The van der Waals surface area contributed by atoms with E-state index in [1.807, 2.05) is 23.1 Å². The first kappa shape index (κ1) is 15.7. The van der Waals surface area contributed by atoms with E-state index in [2.05, 4.69) is 20.8 Å². The average Bonchev–Trinajstić information content (AvgIpc) is 2.54. The molecule has 0 saturated heterocycles. The Morgan fingerprint density at radius 1 is 1.29 bits per heavy atom. The zero-order valence-electron chi connectivity index (χ0n) is 13.2. The number of fused-ring (bicyclic) bond motifs is 1. The highest BCUT2D eigenvalue weighted by molar-refractivity contribution is 5.98. The Hall–Kier alpha value is -1.71. The molecular formula is C17H25NO3. The van der Waals surface area contributed by atoms with E-state index in [0.29, 0.717) is 30.3 Å². The number of nitrogens with zero attached hydrogens (tertiary/aromatic N) is 1. The summed E-state index contributed by atoms with van der Waals surface area (Å²) in [5.74, 6) is 1.31. The average molecular weight is 291 g/mol. The molecule has 1 unspecified atom stereocenters. The van der Waals surface area contributed by atoms with Gasteiger partial charge >= 0.3 is 0 Å². The molecule has 1 heterocycles. The molecular weight excluding hydrogens is 266 g/mol. The SMILES string of the molecule is CCCCN(C(=O)c1cccc2c1OCCO2)C(C)CC. The maximum atomic E-state index is 12.9. The lowest BCUT2D eigenvalue weighted by Gasteiger charge is -2.30. The number of rotatable bonds is 6. The molecule has 116 valence electrons. The topological polar surface area (TPSA) is 38.8 Å². The van der Waals surface area contributed by atoms with Crippen molar-refractivity contribution in [3.63, 3.8) is 0 Å². The lowest BCUT2D eigenvalue weighted by atomic mass is 10.1. The van der Waals surface area contributed by atoms with Crippen LogP contribution < -0.4 is 9.47 Å². The number of hydrogen-bond acceptors (Lipinski definition) is 3. The number of carbonyl (C=O) groups excluding carboxylic acids is 1. The highest BCUT2D eigenvalue weighted by Crippen LogP contribution is 2.34. The van der Waals surface area contributed by atoms with Crippen LogP contribution in [0.5, 0.6) is 11.5 Å². The van der Waals surface area contributed by atoms with E-state index < -0.39 is 0 Å². The Labute approximate surface area is 127 Å². The van der Waals surface area contributed by atoms with Crippen LogP contribution in [0.25, 0.3) is 0 Å². The van der Waals surface area contributed by atoms with E-state index in [0.717, 1.165) is 25.8 Å². The fourth-order valence-electron chi connectivity index (χ4n) is 2.47. The predicted octanol–water partition coefficient (Wildman–Crippen LogP) is 3.50. The van der Waals surface area contributed by atoms with Crippen LogP contribution in [-0.4, -0.2) is 36.6 Å². The van der Waals surface area contributed by atoms with Crippen molar-refractivity contribution in [1.82, 2.24) is 4.90 Å². The van der Waals surface area contributed by atoms with Crippen LogP contribution in [0.1, 0.15) is 50.4 Å². The van der Waals surface area contributed by atoms with Crippen LogP contribution in [-0.2, 0) is 0 Å². The molecule has 4 heteroatoms. The van der Waals surface area contributed by atoms with Crippen molar-refractivity contribution in [2.24, 2.45) is 0 Å². The van der Waals surface area contributed by atoms with Gasteiger partial charge in [0.25, 0.3) is 5.91 Å². The number of para-hydroxylation sites is 1. The summed E-state index contributed by atoms with van der Waals surface area (Å²) in [7, 11) is 0. The van der Waals surface area contributed by atoms with Gasteiger partial charge < -0.3 is 14.4 Å². The van der Waals surface area contributed by atoms with E-state index in [9.17, 15) is 4.79 Å². The minimum absolute atomic E-state index is 0.0418. The maximum Gasteiger partial charge on any atom is 0.258 e. The second kappa shape index (κ2) is 7.34. The summed E-state index contributed by atoms with van der Waals surface area (Å²) in [4.78, 5) is 14.9. The third-order valence-corrected chi connectivity index (χ3v) is 3.93. The van der Waals surface area contributed by atoms with Crippen molar-refractivity contribution in [2.45, 2.75) is 46.1 Å². The summed E-state index contributed by atoms with van der Waals surface area (Å²) in [6, 6.07) is 5.77. The molecule has 0 fully saturated rings. The van der Waals surface area contributed by atoms with Gasteiger partial charge in [-0.05, 0) is 31.9 Å². The summed E-state index contributed by atoms with van der Waals surface area (Å²) in [6.07, 6.45) is 3.04. The largest absolute Gasteiger partial charge is 0.486 e. The van der Waals surface area contributed by atoms with Crippen molar-refractivity contribution in [3.05, 3.63) is 23.8 Å². The molecule has 0 N–H and O–H groups in total. The molecule has 1 atom stereocenters. The number of hydrogen-bond donors (Lipinski definition) is 0. The van der Waals surface area contributed by atoms with Gasteiger partial charge in [0.2, 0.25) is 0 Å². The molecule has 1 aromatic carbocycles. The Bertz CT molecular complexity index is 487. The van der Waals surface area contributed by atoms with Gasteiger partial charge in [0, 0.05) is 12.6 Å². The lowest BCUT2D eigenvalue weighted by Crippen LogP contribution is -2.39. The highest BCUT2D eigenvalue weighted by atomic mass is 16.6. The number of carbonyl (C=O) groups is 1. The number of unbranched alkanes of at least 4 members (excludes halogenated alkanes) is 1. The van der Waals surface area contributed by atoms with Gasteiger partial charge in [0.1, 0.15) is 13.2 Å². The zero-order valence-corrected chi connectivity index (χ0v) is 13.2. The molecule has 0 spiro atoms. The first-order valence-electron chi connectivity index (χ1n) is 7.88. The molecule has 21 heavy (non-hydrogen) atoms. The fourth-order valence-corrected chi connectivity index (χ4v) is 2.47. The Balaban J connectivity index is 2.28. The maximum absolute atomic E-state index is 12.9. The van der Waals surface area contributed by atoms with Gasteiger partial charge in [-0.1, -0.05) is 26.3 Å². The third-order valence-electron chi connectivity index (χ3n) is 3.93. The standard InChI is InChI=1S/C17H25NO3/c1-4-6-10-18(13(3)5-2)17(19)14-8-7-9-15-16(14)21-12-11-20-15/h7-9,13H,4-6,10-12H2,1-3H3. The van der Waals surface area contributed by atoms with Crippen molar-refractivity contribution in [2.75, 3.05) is 19.8 Å². The molecule has 0 aliphatic carbocycles. The van der Waals surface area contributed by atoms with Crippen molar-refractivity contribution in [3.8, 4) is 11.5 Å². The van der Waals surface area contributed by atoms with Crippen LogP contribution in [0.4, 0.5) is 0 Å². The summed E-state index contributed by atoms with van der Waals surface area (Å²) >= 11 is 0. The van der Waals surface area contributed by atoms with Crippen LogP contribution in [0.3, 0.4) is 0 Å². The summed E-state index contributed by atoms with van der Waals surface area (Å²) in [5, 5.41) is 0. The molecule has 1 aromatic rings. The Morgan fingerprint density at radius 2 is 2.05 bits per heavy atom. The monoisotopic (exact) mass is 291 g/mol. The minimum atomic E-state index is 0.0418. The van der Waals surface area contributed by atoms with E-state index in [1.165, 1.54) is 0 Å². The first-order valence-corrected chi connectivity index (χ1v) is 7.88. The van der Waals surface area contributed by atoms with Gasteiger partial charge in [-0.25, -0.2) is 0 Å². The summed E-state index contributed by atoms with van der Waals surface area (Å²) in [6.45, 7) is 8.16. The van der Waals surface area contributed by atoms with E-state index in [4.69, 9.17) is 9.47 Å². The molecule has 0 saturated carbocycles. The van der Waals surface area contributed by atoms with Crippen LogP contribution in [0.2, 0.25) is 0 Å². The summed E-state index contributed by atoms with van der Waals surface area (Å²) < 4.78 is 11.2. The smallest absolute Gasteiger partial charge is 0.258 e. The zero-order chi connectivity index (χ0) is 15.2.